The molecule has 1 saturated heterocycles. The zero-order valence-corrected chi connectivity index (χ0v) is 7.24. The summed E-state index contributed by atoms with van der Waals surface area (Å²) in [4.78, 5) is 26.8. The Balaban J connectivity index is 2.31. The van der Waals surface area contributed by atoms with E-state index >= 15 is 0 Å². The zero-order valence-electron chi connectivity index (χ0n) is 7.24. The number of aromatic nitrogens is 1. The Kier molecular flexibility index (Phi) is 1.99. The van der Waals surface area contributed by atoms with E-state index in [0.29, 0.717) is 5.69 Å². The Hall–Kier alpha value is -1.78. The van der Waals surface area contributed by atoms with Gasteiger partial charge in [-0.1, -0.05) is 0 Å². The molecule has 0 N–H and O–H groups in total. The van der Waals surface area contributed by atoms with Crippen LogP contribution in [0.15, 0.2) is 18.3 Å². The number of nitrogens with zero attached hydrogens (tertiary/aromatic N) is 2. The average Bonchev–Trinajstić information content (AvgIpc) is 2.45. The van der Waals surface area contributed by atoms with Crippen LogP contribution in [0.4, 0.5) is 10.1 Å². The highest BCUT2D eigenvalue weighted by atomic mass is 19.1. The fourth-order valence-corrected chi connectivity index (χ4v) is 1.38. The van der Waals surface area contributed by atoms with E-state index in [2.05, 4.69) is 4.98 Å². The van der Waals surface area contributed by atoms with E-state index in [4.69, 9.17) is 0 Å². The van der Waals surface area contributed by atoms with Crippen molar-refractivity contribution in [3.8, 4) is 0 Å². The summed E-state index contributed by atoms with van der Waals surface area (Å²) in [6.45, 7) is 0.0300. The average molecular weight is 194 g/mol. The van der Waals surface area contributed by atoms with Gasteiger partial charge in [-0.15, -0.1) is 0 Å². The summed E-state index contributed by atoms with van der Waals surface area (Å²) in [5.41, 5.74) is 0.383. The number of pyridine rings is 1. The van der Waals surface area contributed by atoms with Crippen LogP contribution in [-0.2, 0) is 9.59 Å². The highest BCUT2D eigenvalue weighted by Gasteiger charge is 2.28. The molecule has 14 heavy (non-hydrogen) atoms. The van der Waals surface area contributed by atoms with Gasteiger partial charge in [-0.2, -0.15) is 4.39 Å². The number of halogens is 1. The van der Waals surface area contributed by atoms with Crippen LogP contribution in [0.25, 0.3) is 0 Å². The standard InChI is InChI=1S/C9H7FN2O2/c10-8-3-6(1-2-11-8)12-5-7(13)4-9(12)14/h1-3H,4-5H2. The van der Waals surface area contributed by atoms with E-state index in [1.54, 1.807) is 0 Å². The predicted molar refractivity (Wildman–Crippen MR) is 46.2 cm³/mol. The monoisotopic (exact) mass is 194 g/mol. The van der Waals surface area contributed by atoms with Crippen molar-refractivity contribution in [2.75, 3.05) is 11.4 Å². The molecule has 4 nitrogen and oxygen atoms in total. The molecule has 2 rings (SSSR count). The lowest BCUT2D eigenvalue weighted by molar-refractivity contribution is -0.121. The van der Waals surface area contributed by atoms with Gasteiger partial charge in [0.2, 0.25) is 11.9 Å². The van der Waals surface area contributed by atoms with Crippen LogP contribution < -0.4 is 4.90 Å². The van der Waals surface area contributed by atoms with E-state index < -0.39 is 5.95 Å². The largest absolute Gasteiger partial charge is 0.304 e. The van der Waals surface area contributed by atoms with Crippen molar-refractivity contribution in [1.82, 2.24) is 4.98 Å². The summed E-state index contributed by atoms with van der Waals surface area (Å²) >= 11 is 0. The lowest BCUT2D eigenvalue weighted by Crippen LogP contribution is -2.24. The molecule has 1 amide bonds. The van der Waals surface area contributed by atoms with Crippen molar-refractivity contribution in [1.29, 1.82) is 0 Å². The highest BCUT2D eigenvalue weighted by molar-refractivity contribution is 6.14. The minimum atomic E-state index is -0.658. The first-order valence-electron chi connectivity index (χ1n) is 4.10. The molecule has 0 saturated carbocycles. The van der Waals surface area contributed by atoms with E-state index in [1.807, 2.05) is 0 Å². The van der Waals surface area contributed by atoms with Gasteiger partial charge in [0.05, 0.1) is 18.7 Å². The fraction of sp³-hybridized carbons (Fsp3) is 0.222. The molecule has 1 aliphatic heterocycles. The van der Waals surface area contributed by atoms with Gasteiger partial charge in [0.25, 0.3) is 0 Å². The van der Waals surface area contributed by atoms with Crippen LogP contribution in [0.1, 0.15) is 6.42 Å². The lowest BCUT2D eigenvalue weighted by Gasteiger charge is -2.13. The van der Waals surface area contributed by atoms with Crippen LogP contribution in [0.5, 0.6) is 0 Å². The van der Waals surface area contributed by atoms with Gasteiger partial charge >= 0.3 is 0 Å². The Labute approximate surface area is 79.4 Å². The van der Waals surface area contributed by atoms with Crippen molar-refractivity contribution < 1.29 is 14.0 Å². The number of hydrogen-bond acceptors (Lipinski definition) is 3. The Bertz CT molecular complexity index is 406. The first kappa shape index (κ1) is 8.80. The van der Waals surface area contributed by atoms with Gasteiger partial charge in [0, 0.05) is 12.3 Å². The molecule has 1 fully saturated rings. The summed E-state index contributed by atoms with van der Waals surface area (Å²) < 4.78 is 12.7. The first-order chi connectivity index (χ1) is 6.66. The summed E-state index contributed by atoms with van der Waals surface area (Å²) in [7, 11) is 0. The summed E-state index contributed by atoms with van der Waals surface area (Å²) in [5, 5.41) is 0. The minimum Gasteiger partial charge on any atom is -0.304 e. The fourth-order valence-electron chi connectivity index (χ4n) is 1.38. The molecule has 72 valence electrons. The number of ketones is 1. The molecular formula is C9H7FN2O2. The van der Waals surface area contributed by atoms with Crippen molar-refractivity contribution >= 4 is 17.4 Å². The quantitative estimate of drug-likeness (QED) is 0.484. The molecule has 0 radical (unpaired) electrons. The summed E-state index contributed by atoms with van der Waals surface area (Å²) in [6, 6.07) is 2.64. The van der Waals surface area contributed by atoms with Crippen LogP contribution in [0, 0.1) is 5.95 Å². The molecular weight excluding hydrogens is 187 g/mol. The summed E-state index contributed by atoms with van der Waals surface area (Å²) in [5.74, 6) is -1.09. The number of hydrogen-bond donors (Lipinski definition) is 0. The maximum absolute atomic E-state index is 12.7. The topological polar surface area (TPSA) is 50.3 Å². The van der Waals surface area contributed by atoms with Crippen molar-refractivity contribution in [2.45, 2.75) is 6.42 Å². The normalized spacial score (nSPS) is 16.5. The van der Waals surface area contributed by atoms with Gasteiger partial charge in [-0.05, 0) is 6.07 Å². The van der Waals surface area contributed by atoms with Gasteiger partial charge in [0.1, 0.15) is 0 Å². The molecule has 0 aromatic carbocycles. The van der Waals surface area contributed by atoms with Gasteiger partial charge in [-0.3, -0.25) is 9.59 Å². The number of carbonyl (C=O) groups is 2. The van der Waals surface area contributed by atoms with E-state index in [-0.39, 0.29) is 24.7 Å². The Morgan fingerprint density at radius 2 is 2.21 bits per heavy atom. The number of amides is 1. The lowest BCUT2D eigenvalue weighted by atomic mass is 10.3. The second kappa shape index (κ2) is 3.17. The third-order valence-electron chi connectivity index (χ3n) is 2.01. The van der Waals surface area contributed by atoms with Gasteiger partial charge < -0.3 is 4.90 Å². The van der Waals surface area contributed by atoms with Crippen LogP contribution >= 0.6 is 0 Å². The number of carbonyl (C=O) groups excluding carboxylic acids is 2. The Morgan fingerprint density at radius 1 is 1.43 bits per heavy atom. The maximum Gasteiger partial charge on any atom is 0.234 e. The second-order valence-electron chi connectivity index (χ2n) is 3.03. The van der Waals surface area contributed by atoms with Crippen LogP contribution in [-0.4, -0.2) is 23.2 Å². The number of rotatable bonds is 1. The van der Waals surface area contributed by atoms with Crippen molar-refractivity contribution in [3.63, 3.8) is 0 Å². The third kappa shape index (κ3) is 1.48. The molecule has 5 heteroatoms. The molecule has 0 atom stereocenters. The molecule has 0 spiro atoms. The molecule has 2 heterocycles. The van der Waals surface area contributed by atoms with E-state index in [9.17, 15) is 14.0 Å². The predicted octanol–water partition coefficient (Wildman–Crippen LogP) is 0.526. The zero-order chi connectivity index (χ0) is 10.1. The van der Waals surface area contributed by atoms with Crippen LogP contribution in [0.3, 0.4) is 0 Å². The van der Waals surface area contributed by atoms with Gasteiger partial charge in [-0.25, -0.2) is 4.98 Å². The Morgan fingerprint density at radius 3 is 2.79 bits per heavy atom. The number of Topliss-reactive ketones (excluding diaryl/α,β-unsaturated/α-hetero) is 1. The highest BCUT2D eigenvalue weighted by Crippen LogP contribution is 2.19. The van der Waals surface area contributed by atoms with E-state index in [0.717, 1.165) is 6.07 Å². The molecule has 1 aromatic heterocycles. The first-order valence-corrected chi connectivity index (χ1v) is 4.10. The molecule has 1 aliphatic rings. The molecule has 0 bridgehead atoms. The van der Waals surface area contributed by atoms with Gasteiger partial charge in [0.15, 0.2) is 5.78 Å². The molecule has 1 aromatic rings. The smallest absolute Gasteiger partial charge is 0.234 e. The van der Waals surface area contributed by atoms with Crippen molar-refractivity contribution in [3.05, 3.63) is 24.3 Å². The SMILES string of the molecule is O=C1CC(=O)N(c2ccnc(F)c2)C1. The molecule has 0 aliphatic carbocycles. The maximum atomic E-state index is 12.7. The minimum absolute atomic E-state index is 0.0300. The van der Waals surface area contributed by atoms with E-state index in [1.165, 1.54) is 17.2 Å². The third-order valence-corrected chi connectivity index (χ3v) is 2.01. The van der Waals surface area contributed by atoms with Crippen molar-refractivity contribution in [2.24, 2.45) is 0 Å². The molecule has 0 unspecified atom stereocenters. The second-order valence-corrected chi connectivity index (χ2v) is 3.03. The summed E-state index contributed by atoms with van der Waals surface area (Å²) in [6.07, 6.45) is 1.17. The number of anilines is 1. The van der Waals surface area contributed by atoms with Crippen LogP contribution in [0.2, 0.25) is 0 Å².